The van der Waals surface area contributed by atoms with Crippen LogP contribution in [0.4, 0.5) is 0 Å². The van der Waals surface area contributed by atoms with Gasteiger partial charge in [-0.1, -0.05) is 54.2 Å². The van der Waals surface area contributed by atoms with Gasteiger partial charge in [-0.3, -0.25) is 0 Å². The Bertz CT molecular complexity index is 323. The Morgan fingerprint density at radius 1 is 1.31 bits per heavy atom. The van der Waals surface area contributed by atoms with Gasteiger partial charge in [-0.2, -0.15) is 0 Å². The van der Waals surface area contributed by atoms with Gasteiger partial charge in [0.1, 0.15) is 0 Å². The summed E-state index contributed by atoms with van der Waals surface area (Å²) in [6.07, 6.45) is 5.11. The third kappa shape index (κ3) is 3.91. The molecular weight excluding hydrogens is 262 g/mol. The van der Waals surface area contributed by atoms with Crippen molar-refractivity contribution < 1.29 is 0 Å². The van der Waals surface area contributed by atoms with Crippen molar-refractivity contribution in [1.29, 1.82) is 0 Å². The first-order valence-corrected chi connectivity index (χ1v) is 6.91. The average molecular weight is 284 g/mol. The first-order chi connectivity index (χ1) is 7.69. The number of benzene rings is 1. The van der Waals surface area contributed by atoms with Crippen molar-refractivity contribution in [3.8, 4) is 0 Å². The minimum Gasteiger partial charge on any atom is -0.313 e. The van der Waals surface area contributed by atoms with Gasteiger partial charge >= 0.3 is 0 Å². The molecule has 1 N–H and O–H groups in total. The molecule has 0 aliphatic carbocycles. The highest BCUT2D eigenvalue weighted by Crippen LogP contribution is 2.27. The highest BCUT2D eigenvalue weighted by Gasteiger charge is 2.11. The molecule has 0 radical (unpaired) electrons. The number of aryl methyl sites for hydroxylation is 1. The summed E-state index contributed by atoms with van der Waals surface area (Å²) in [6.45, 7) is 4.37. The second-order valence-electron chi connectivity index (χ2n) is 4.36. The summed E-state index contributed by atoms with van der Waals surface area (Å²) in [7, 11) is 2.04. The molecule has 0 spiro atoms. The summed E-state index contributed by atoms with van der Waals surface area (Å²) in [5, 5.41) is 3.41. The van der Waals surface area contributed by atoms with Gasteiger partial charge in [0.2, 0.25) is 0 Å². The van der Waals surface area contributed by atoms with Crippen molar-refractivity contribution in [1.82, 2.24) is 5.32 Å². The lowest BCUT2D eigenvalue weighted by molar-refractivity contribution is 0.510. The number of nitrogens with one attached hydrogen (secondary N) is 1. The number of hydrogen-bond donors (Lipinski definition) is 1. The maximum atomic E-state index is 3.66. The van der Waals surface area contributed by atoms with Crippen LogP contribution >= 0.6 is 15.9 Å². The van der Waals surface area contributed by atoms with E-state index in [-0.39, 0.29) is 0 Å². The van der Waals surface area contributed by atoms with E-state index in [9.17, 15) is 0 Å². The van der Waals surface area contributed by atoms with Gasteiger partial charge in [-0.05, 0) is 37.6 Å². The fraction of sp³-hybridized carbons (Fsp3) is 0.571. The van der Waals surface area contributed by atoms with Gasteiger partial charge in [-0.15, -0.1) is 0 Å². The highest BCUT2D eigenvalue weighted by atomic mass is 79.9. The lowest BCUT2D eigenvalue weighted by Gasteiger charge is -2.18. The zero-order valence-electron chi connectivity index (χ0n) is 10.5. The Labute approximate surface area is 108 Å². The molecule has 90 valence electrons. The van der Waals surface area contributed by atoms with E-state index in [4.69, 9.17) is 0 Å². The normalized spacial score (nSPS) is 12.8. The summed E-state index contributed by atoms with van der Waals surface area (Å²) >= 11 is 3.66. The molecule has 0 heterocycles. The van der Waals surface area contributed by atoms with E-state index in [1.807, 2.05) is 7.05 Å². The Hall–Kier alpha value is -0.340. The molecule has 1 aromatic rings. The van der Waals surface area contributed by atoms with Crippen LogP contribution < -0.4 is 5.32 Å². The summed E-state index contributed by atoms with van der Waals surface area (Å²) in [4.78, 5) is 0. The molecule has 1 rings (SSSR count). The summed E-state index contributed by atoms with van der Waals surface area (Å²) < 4.78 is 1.23. The molecule has 0 bridgehead atoms. The molecule has 1 nitrogen and oxygen atoms in total. The van der Waals surface area contributed by atoms with E-state index in [1.165, 1.54) is 41.3 Å². The molecule has 0 saturated heterocycles. The summed E-state index contributed by atoms with van der Waals surface area (Å²) in [6, 6.07) is 7.08. The van der Waals surface area contributed by atoms with Crippen molar-refractivity contribution in [2.24, 2.45) is 0 Å². The smallest absolute Gasteiger partial charge is 0.0328 e. The van der Waals surface area contributed by atoms with E-state index in [1.54, 1.807) is 0 Å². The fourth-order valence-corrected chi connectivity index (χ4v) is 2.74. The van der Waals surface area contributed by atoms with E-state index in [0.717, 1.165) is 0 Å². The zero-order chi connectivity index (χ0) is 12.0. The van der Waals surface area contributed by atoms with E-state index in [0.29, 0.717) is 6.04 Å². The number of unbranched alkanes of at least 4 members (excludes halogenated alkanes) is 2. The largest absolute Gasteiger partial charge is 0.313 e. The molecule has 0 aliphatic rings. The zero-order valence-corrected chi connectivity index (χ0v) is 12.1. The van der Waals surface area contributed by atoms with Gasteiger partial charge in [0.05, 0.1) is 0 Å². The van der Waals surface area contributed by atoms with Crippen molar-refractivity contribution in [2.75, 3.05) is 7.05 Å². The van der Waals surface area contributed by atoms with Crippen molar-refractivity contribution in [2.45, 2.75) is 45.6 Å². The third-order valence-corrected chi connectivity index (χ3v) is 3.66. The molecule has 1 aromatic carbocycles. The Kier molecular flexibility index (Phi) is 6.07. The predicted molar refractivity (Wildman–Crippen MR) is 74.8 cm³/mol. The first-order valence-electron chi connectivity index (χ1n) is 6.12. The Morgan fingerprint density at radius 3 is 2.62 bits per heavy atom. The van der Waals surface area contributed by atoms with Crippen LogP contribution in [0.2, 0.25) is 0 Å². The molecule has 1 atom stereocenters. The van der Waals surface area contributed by atoms with Gasteiger partial charge in [0, 0.05) is 10.5 Å². The molecule has 2 heteroatoms. The van der Waals surface area contributed by atoms with Gasteiger partial charge < -0.3 is 5.32 Å². The van der Waals surface area contributed by atoms with Crippen molar-refractivity contribution in [3.63, 3.8) is 0 Å². The topological polar surface area (TPSA) is 12.0 Å². The van der Waals surface area contributed by atoms with Crippen LogP contribution in [0.3, 0.4) is 0 Å². The van der Waals surface area contributed by atoms with E-state index < -0.39 is 0 Å². The highest BCUT2D eigenvalue weighted by molar-refractivity contribution is 9.10. The number of halogens is 1. The minimum atomic E-state index is 0.474. The maximum absolute atomic E-state index is 3.66. The lowest BCUT2D eigenvalue weighted by atomic mass is 10.00. The molecule has 0 saturated carbocycles. The lowest BCUT2D eigenvalue weighted by Crippen LogP contribution is -2.16. The predicted octanol–water partition coefficient (Wildman–Crippen LogP) is 4.60. The monoisotopic (exact) mass is 283 g/mol. The SMILES string of the molecule is CCCCCC(NC)c1ccc(C)cc1Br. The molecule has 1 unspecified atom stereocenters. The summed E-state index contributed by atoms with van der Waals surface area (Å²) in [5.41, 5.74) is 2.68. The average Bonchev–Trinajstić information content (AvgIpc) is 2.26. The van der Waals surface area contributed by atoms with Gasteiger partial charge in [0.25, 0.3) is 0 Å². The number of hydrogen-bond acceptors (Lipinski definition) is 1. The minimum absolute atomic E-state index is 0.474. The molecule has 16 heavy (non-hydrogen) atoms. The fourth-order valence-electron chi connectivity index (χ4n) is 1.97. The Morgan fingerprint density at radius 2 is 2.06 bits per heavy atom. The Balaban J connectivity index is 2.70. The molecular formula is C14H22BrN. The van der Waals surface area contributed by atoms with Crippen LogP contribution in [0.15, 0.2) is 22.7 Å². The third-order valence-electron chi connectivity index (χ3n) is 2.98. The quantitative estimate of drug-likeness (QED) is 0.753. The van der Waals surface area contributed by atoms with Gasteiger partial charge in [0.15, 0.2) is 0 Å². The summed E-state index contributed by atoms with van der Waals surface area (Å²) in [5.74, 6) is 0. The van der Waals surface area contributed by atoms with Crippen LogP contribution in [0.25, 0.3) is 0 Å². The second kappa shape index (κ2) is 7.08. The van der Waals surface area contributed by atoms with Crippen molar-refractivity contribution >= 4 is 15.9 Å². The van der Waals surface area contributed by atoms with Crippen LogP contribution in [0.5, 0.6) is 0 Å². The second-order valence-corrected chi connectivity index (χ2v) is 5.22. The molecule has 0 fully saturated rings. The van der Waals surface area contributed by atoms with Crippen LogP contribution in [0.1, 0.15) is 49.8 Å². The first kappa shape index (κ1) is 13.7. The van der Waals surface area contributed by atoms with Crippen LogP contribution in [-0.2, 0) is 0 Å². The van der Waals surface area contributed by atoms with E-state index in [2.05, 4.69) is 53.3 Å². The number of rotatable bonds is 6. The van der Waals surface area contributed by atoms with Crippen molar-refractivity contribution in [3.05, 3.63) is 33.8 Å². The standard InChI is InChI=1S/C14H22BrN/c1-4-5-6-7-14(16-3)12-9-8-11(2)10-13(12)15/h8-10,14,16H,4-7H2,1-3H3. The van der Waals surface area contributed by atoms with E-state index >= 15 is 0 Å². The molecule has 0 amide bonds. The van der Waals surface area contributed by atoms with Crippen LogP contribution in [-0.4, -0.2) is 7.05 Å². The molecule has 0 aliphatic heterocycles. The maximum Gasteiger partial charge on any atom is 0.0328 e. The molecule has 0 aromatic heterocycles. The van der Waals surface area contributed by atoms with Gasteiger partial charge in [-0.25, -0.2) is 0 Å². The van der Waals surface area contributed by atoms with Crippen LogP contribution in [0, 0.1) is 6.92 Å².